The van der Waals surface area contributed by atoms with Crippen LogP contribution >= 0.6 is 0 Å². The van der Waals surface area contributed by atoms with Gasteiger partial charge in [0.2, 0.25) is 10.0 Å². The number of H-pyrrole nitrogens is 1. The molecule has 0 saturated heterocycles. The van der Waals surface area contributed by atoms with Crippen LogP contribution in [-0.4, -0.2) is 46.0 Å². The van der Waals surface area contributed by atoms with E-state index in [1.165, 1.54) is 19.4 Å². The molecular weight excluding hydrogens is 494 g/mol. The highest BCUT2D eigenvalue weighted by Crippen LogP contribution is 2.39. The predicted molar refractivity (Wildman–Crippen MR) is 134 cm³/mol. The van der Waals surface area contributed by atoms with Gasteiger partial charge in [0.15, 0.2) is 9.84 Å². The summed E-state index contributed by atoms with van der Waals surface area (Å²) in [5.74, 6) is 0.100. The number of aromatic nitrogens is 2. The van der Waals surface area contributed by atoms with E-state index in [9.17, 15) is 26.4 Å². The van der Waals surface area contributed by atoms with Crippen LogP contribution in [0.15, 0.2) is 75.3 Å². The third-order valence-electron chi connectivity index (χ3n) is 5.20. The molecule has 3 aromatic carbocycles. The van der Waals surface area contributed by atoms with E-state index in [1.807, 2.05) is 0 Å². The Balaban J connectivity index is 1.96. The second-order valence-electron chi connectivity index (χ2n) is 7.93. The molecule has 0 aliphatic carbocycles. The highest BCUT2D eigenvalue weighted by Gasteiger charge is 2.22. The molecule has 35 heavy (non-hydrogen) atoms. The summed E-state index contributed by atoms with van der Waals surface area (Å²) in [6.45, 7) is 0. The Bertz CT molecular complexity index is 1810. The highest BCUT2D eigenvalue weighted by atomic mass is 32.2. The second-order valence-corrected chi connectivity index (χ2v) is 11.7. The zero-order valence-corrected chi connectivity index (χ0v) is 20.5. The van der Waals surface area contributed by atoms with Crippen molar-refractivity contribution < 1.29 is 21.6 Å². The minimum absolute atomic E-state index is 0.100. The Morgan fingerprint density at radius 3 is 2.20 bits per heavy atom. The lowest BCUT2D eigenvalue weighted by atomic mass is 9.99. The minimum Gasteiger partial charge on any atom is -0.495 e. The zero-order chi connectivity index (χ0) is 25.5. The number of ether oxygens (including phenoxy) is 1. The molecule has 0 fully saturated rings. The van der Waals surface area contributed by atoms with Crippen molar-refractivity contribution in [2.45, 2.75) is 4.90 Å². The molecule has 4 aromatic rings. The first-order valence-corrected chi connectivity index (χ1v) is 13.9. The van der Waals surface area contributed by atoms with E-state index in [0.29, 0.717) is 16.8 Å². The quantitative estimate of drug-likeness (QED) is 0.400. The summed E-state index contributed by atoms with van der Waals surface area (Å²) in [6, 6.07) is 14.4. The fourth-order valence-corrected chi connectivity index (χ4v) is 5.16. The number of fused-ring (bicyclic) bond motifs is 1. The van der Waals surface area contributed by atoms with Gasteiger partial charge in [-0.3, -0.25) is 19.1 Å². The molecule has 12 heteroatoms. The van der Waals surface area contributed by atoms with Crippen LogP contribution in [0.4, 0.5) is 5.69 Å². The first-order chi connectivity index (χ1) is 16.4. The second kappa shape index (κ2) is 8.71. The van der Waals surface area contributed by atoms with Crippen LogP contribution in [0.25, 0.3) is 27.6 Å². The van der Waals surface area contributed by atoms with E-state index in [0.717, 1.165) is 33.9 Å². The largest absolute Gasteiger partial charge is 0.495 e. The van der Waals surface area contributed by atoms with Gasteiger partial charge in [-0.1, -0.05) is 18.2 Å². The van der Waals surface area contributed by atoms with Gasteiger partial charge in [0, 0.05) is 29.8 Å². The molecule has 0 spiro atoms. The van der Waals surface area contributed by atoms with Gasteiger partial charge in [-0.25, -0.2) is 21.6 Å². The molecule has 0 atom stereocenters. The zero-order valence-electron chi connectivity index (χ0n) is 18.9. The van der Waals surface area contributed by atoms with E-state index < -0.39 is 31.1 Å². The summed E-state index contributed by atoms with van der Waals surface area (Å²) in [6.07, 6.45) is 3.35. The normalized spacial score (nSPS) is 12.0. The van der Waals surface area contributed by atoms with Crippen molar-refractivity contribution in [3.63, 3.8) is 0 Å². The Morgan fingerprint density at radius 1 is 0.886 bits per heavy atom. The SMILES string of the molecule is COc1c(-c2ccc3cc(NS(C)(=O)=O)ccc3c2)cc(-n2ccc(=O)[nH]c2=O)cc1S(C)(=O)=O. The molecule has 0 radical (unpaired) electrons. The third kappa shape index (κ3) is 5.12. The lowest BCUT2D eigenvalue weighted by Crippen LogP contribution is -2.27. The van der Waals surface area contributed by atoms with Crippen molar-refractivity contribution in [2.24, 2.45) is 0 Å². The van der Waals surface area contributed by atoms with Crippen molar-refractivity contribution in [3.05, 3.63) is 81.6 Å². The first-order valence-electron chi connectivity index (χ1n) is 10.1. The molecule has 4 rings (SSSR count). The molecule has 0 aliphatic heterocycles. The lowest BCUT2D eigenvalue weighted by molar-refractivity contribution is 0.404. The molecular formula is C23H21N3O7S2. The third-order valence-corrected chi connectivity index (χ3v) is 6.91. The van der Waals surface area contributed by atoms with Crippen LogP contribution in [0.1, 0.15) is 0 Å². The number of sulfonamides is 1. The highest BCUT2D eigenvalue weighted by molar-refractivity contribution is 7.92. The van der Waals surface area contributed by atoms with Gasteiger partial charge in [-0.2, -0.15) is 0 Å². The molecule has 1 heterocycles. The maximum absolute atomic E-state index is 12.6. The number of methoxy groups -OCH3 is 1. The molecule has 0 unspecified atom stereocenters. The molecule has 2 N–H and O–H groups in total. The summed E-state index contributed by atoms with van der Waals surface area (Å²) >= 11 is 0. The van der Waals surface area contributed by atoms with Gasteiger partial charge in [0.25, 0.3) is 5.56 Å². The molecule has 182 valence electrons. The molecule has 1 aromatic heterocycles. The summed E-state index contributed by atoms with van der Waals surface area (Å²) in [7, 11) is -5.86. The maximum atomic E-state index is 12.6. The van der Waals surface area contributed by atoms with Crippen molar-refractivity contribution in [2.75, 3.05) is 24.3 Å². The average molecular weight is 516 g/mol. The molecule has 0 saturated carbocycles. The lowest BCUT2D eigenvalue weighted by Gasteiger charge is -2.17. The molecule has 0 amide bonds. The van der Waals surface area contributed by atoms with Crippen LogP contribution in [-0.2, 0) is 19.9 Å². The van der Waals surface area contributed by atoms with Gasteiger partial charge in [0.1, 0.15) is 10.6 Å². The maximum Gasteiger partial charge on any atom is 0.332 e. The number of nitrogens with one attached hydrogen (secondary N) is 2. The van der Waals surface area contributed by atoms with Crippen LogP contribution in [0.2, 0.25) is 0 Å². The fourth-order valence-electron chi connectivity index (χ4n) is 3.74. The summed E-state index contributed by atoms with van der Waals surface area (Å²) in [5.41, 5.74) is 0.325. The number of rotatable bonds is 6. The molecule has 10 nitrogen and oxygen atoms in total. The standard InChI is InChI=1S/C23H21N3O7S2/c1-33-22-19(16-5-4-15-11-17(25-35(3,31)32)7-6-14(15)10-16)12-18(13-20(22)34(2,29)30)26-9-8-21(27)24-23(26)28/h4-13,25H,1-3H3,(H,24,27,28). The van der Waals surface area contributed by atoms with Crippen LogP contribution < -0.4 is 20.7 Å². The predicted octanol–water partition coefficient (Wildman–Crippen LogP) is 2.13. The van der Waals surface area contributed by atoms with Crippen LogP contribution in [0.5, 0.6) is 5.75 Å². The van der Waals surface area contributed by atoms with Crippen molar-refractivity contribution in [3.8, 4) is 22.6 Å². The number of sulfone groups is 1. The number of benzene rings is 3. The number of hydrogen-bond acceptors (Lipinski definition) is 7. The summed E-state index contributed by atoms with van der Waals surface area (Å²) < 4.78 is 57.3. The van der Waals surface area contributed by atoms with E-state index >= 15 is 0 Å². The van der Waals surface area contributed by atoms with Crippen molar-refractivity contribution >= 4 is 36.3 Å². The van der Waals surface area contributed by atoms with E-state index in [1.54, 1.807) is 42.5 Å². The Morgan fingerprint density at radius 2 is 1.57 bits per heavy atom. The van der Waals surface area contributed by atoms with Gasteiger partial charge in [-0.05, 0) is 46.7 Å². The van der Waals surface area contributed by atoms with Gasteiger partial charge in [0.05, 0.1) is 19.1 Å². The summed E-state index contributed by atoms with van der Waals surface area (Å²) in [5, 5.41) is 1.51. The summed E-state index contributed by atoms with van der Waals surface area (Å²) in [4.78, 5) is 25.9. The fraction of sp³-hybridized carbons (Fsp3) is 0.130. The number of nitrogens with zero attached hydrogens (tertiary/aromatic N) is 1. The van der Waals surface area contributed by atoms with Crippen molar-refractivity contribution in [1.82, 2.24) is 9.55 Å². The molecule has 0 aliphatic rings. The van der Waals surface area contributed by atoms with Gasteiger partial charge >= 0.3 is 5.69 Å². The number of anilines is 1. The van der Waals surface area contributed by atoms with E-state index in [4.69, 9.17) is 4.74 Å². The average Bonchev–Trinajstić information content (AvgIpc) is 2.76. The Labute approximate surface area is 200 Å². The van der Waals surface area contributed by atoms with E-state index in [2.05, 4.69) is 9.71 Å². The topological polar surface area (TPSA) is 144 Å². The minimum atomic E-state index is -3.77. The first kappa shape index (κ1) is 24.2. The van der Waals surface area contributed by atoms with Crippen molar-refractivity contribution in [1.29, 1.82) is 0 Å². The molecule has 0 bridgehead atoms. The van der Waals surface area contributed by atoms with E-state index in [-0.39, 0.29) is 16.3 Å². The Hall–Kier alpha value is -3.90. The Kier molecular flexibility index (Phi) is 6.03. The monoisotopic (exact) mass is 515 g/mol. The smallest absolute Gasteiger partial charge is 0.332 e. The van der Waals surface area contributed by atoms with Gasteiger partial charge < -0.3 is 4.74 Å². The number of aromatic amines is 1. The number of hydrogen-bond donors (Lipinski definition) is 2. The van der Waals surface area contributed by atoms with Gasteiger partial charge in [-0.15, -0.1) is 0 Å². The van der Waals surface area contributed by atoms with Crippen LogP contribution in [0, 0.1) is 0 Å². The van der Waals surface area contributed by atoms with Crippen LogP contribution in [0.3, 0.4) is 0 Å².